The van der Waals surface area contributed by atoms with Gasteiger partial charge in [-0.2, -0.15) is 0 Å². The molecule has 0 bridgehead atoms. The topological polar surface area (TPSA) is 92.3 Å². The van der Waals surface area contributed by atoms with E-state index in [4.69, 9.17) is 23.7 Å². The van der Waals surface area contributed by atoms with Crippen molar-refractivity contribution in [2.75, 3.05) is 41.6 Å². The Morgan fingerprint density at radius 1 is 0.793 bits per heavy atom. The fourth-order valence-electron chi connectivity index (χ4n) is 2.67. The van der Waals surface area contributed by atoms with Crippen molar-refractivity contribution >= 4 is 11.7 Å². The predicted molar refractivity (Wildman–Crippen MR) is 107 cm³/mol. The third kappa shape index (κ3) is 5.31. The molecule has 2 aromatic rings. The number of rotatable bonds is 10. The largest absolute Gasteiger partial charge is 0.497 e. The number of methoxy groups -OCH3 is 4. The zero-order valence-electron chi connectivity index (χ0n) is 17.2. The van der Waals surface area contributed by atoms with Crippen molar-refractivity contribution in [3.8, 4) is 28.7 Å². The van der Waals surface area contributed by atoms with Gasteiger partial charge in [0.25, 0.3) is 5.91 Å². The fraction of sp³-hybridized carbons (Fsp3) is 0.333. The molecule has 0 fully saturated rings. The van der Waals surface area contributed by atoms with E-state index in [1.54, 1.807) is 30.3 Å². The van der Waals surface area contributed by atoms with Crippen molar-refractivity contribution in [2.45, 2.75) is 6.92 Å². The van der Waals surface area contributed by atoms with Gasteiger partial charge < -0.3 is 29.0 Å². The molecule has 0 aliphatic carbocycles. The minimum atomic E-state index is -0.358. The number of nitrogens with one attached hydrogen (secondary N) is 1. The van der Waals surface area contributed by atoms with Crippen LogP contribution in [-0.2, 0) is 0 Å². The Hall–Kier alpha value is -3.42. The van der Waals surface area contributed by atoms with Crippen LogP contribution in [0.4, 0.5) is 0 Å². The first-order valence-corrected chi connectivity index (χ1v) is 8.85. The summed E-state index contributed by atoms with van der Waals surface area (Å²) < 4.78 is 26.6. The lowest BCUT2D eigenvalue weighted by molar-refractivity contribution is 0.0940. The number of Topliss-reactive ketones (excluding diaryl/α,β-unsaturated/α-hetero) is 1. The molecule has 0 aromatic heterocycles. The highest BCUT2D eigenvalue weighted by molar-refractivity contribution is 5.98. The van der Waals surface area contributed by atoms with Crippen molar-refractivity contribution in [3.63, 3.8) is 0 Å². The van der Waals surface area contributed by atoms with Crippen LogP contribution in [-0.4, -0.2) is 53.3 Å². The number of ketones is 1. The highest BCUT2D eigenvalue weighted by Crippen LogP contribution is 2.34. The summed E-state index contributed by atoms with van der Waals surface area (Å²) in [4.78, 5) is 24.3. The Labute approximate surface area is 169 Å². The van der Waals surface area contributed by atoms with Crippen LogP contribution in [0.2, 0.25) is 0 Å². The highest BCUT2D eigenvalue weighted by atomic mass is 16.5. The molecule has 0 atom stereocenters. The number of benzene rings is 2. The minimum absolute atomic E-state index is 0.123. The average Bonchev–Trinajstić information content (AvgIpc) is 2.74. The Balaban J connectivity index is 2.05. The van der Waals surface area contributed by atoms with E-state index in [1.807, 2.05) is 0 Å². The van der Waals surface area contributed by atoms with Crippen LogP contribution in [0.25, 0.3) is 0 Å². The molecule has 0 aliphatic heterocycles. The van der Waals surface area contributed by atoms with Crippen molar-refractivity contribution in [1.29, 1.82) is 0 Å². The van der Waals surface area contributed by atoms with E-state index < -0.39 is 0 Å². The van der Waals surface area contributed by atoms with E-state index in [1.165, 1.54) is 35.4 Å². The molecule has 2 rings (SSSR count). The number of carbonyl (C=O) groups excluding carboxylic acids is 2. The zero-order chi connectivity index (χ0) is 21.4. The summed E-state index contributed by atoms with van der Waals surface area (Å²) in [5, 5.41) is 2.75. The Kier molecular flexibility index (Phi) is 7.70. The summed E-state index contributed by atoms with van der Waals surface area (Å²) in [5.74, 6) is 1.72. The van der Waals surface area contributed by atoms with Gasteiger partial charge in [0.05, 0.1) is 46.1 Å². The van der Waals surface area contributed by atoms with Gasteiger partial charge in [-0.15, -0.1) is 0 Å². The molecule has 0 unspecified atom stereocenters. The number of amides is 1. The summed E-state index contributed by atoms with van der Waals surface area (Å²) in [6.45, 7) is 1.83. The maximum atomic E-state index is 12.6. The molecule has 29 heavy (non-hydrogen) atoms. The van der Waals surface area contributed by atoms with E-state index in [-0.39, 0.29) is 24.8 Å². The van der Waals surface area contributed by atoms with Crippen LogP contribution in [0, 0.1) is 0 Å². The van der Waals surface area contributed by atoms with Gasteiger partial charge in [-0.05, 0) is 19.1 Å². The Morgan fingerprint density at radius 3 is 2.03 bits per heavy atom. The Bertz CT molecular complexity index is 880. The van der Waals surface area contributed by atoms with Gasteiger partial charge in [0.2, 0.25) is 0 Å². The molecule has 8 nitrogen and oxygen atoms in total. The standard InChI is InChI=1S/C21H25NO7/c1-13(23)15-7-6-14(25-2)10-18(15)29-9-8-22-21(24)16-11-19(27-4)20(28-5)12-17(16)26-3/h6-7,10-12H,8-9H2,1-5H3,(H,22,24). The first-order chi connectivity index (χ1) is 13.9. The summed E-state index contributed by atoms with van der Waals surface area (Å²) in [7, 11) is 5.99. The van der Waals surface area contributed by atoms with Crippen molar-refractivity contribution < 1.29 is 33.3 Å². The third-order valence-corrected chi connectivity index (χ3v) is 4.16. The quantitative estimate of drug-likeness (QED) is 0.482. The predicted octanol–water partition coefficient (Wildman–Crippen LogP) is 2.73. The lowest BCUT2D eigenvalue weighted by atomic mass is 10.1. The monoisotopic (exact) mass is 403 g/mol. The SMILES string of the molecule is COc1ccc(C(C)=O)c(OCCNC(=O)c2cc(OC)c(OC)cc2OC)c1. The lowest BCUT2D eigenvalue weighted by Crippen LogP contribution is -2.28. The van der Waals surface area contributed by atoms with Gasteiger partial charge in [0.15, 0.2) is 17.3 Å². The second kappa shape index (κ2) is 10.2. The molecule has 0 saturated heterocycles. The number of ether oxygens (including phenoxy) is 5. The van der Waals surface area contributed by atoms with Crippen LogP contribution < -0.4 is 29.0 Å². The normalized spacial score (nSPS) is 10.1. The summed E-state index contributed by atoms with van der Waals surface area (Å²) in [6, 6.07) is 8.09. The maximum Gasteiger partial charge on any atom is 0.255 e. The molecule has 1 amide bonds. The molecular formula is C21H25NO7. The van der Waals surface area contributed by atoms with Gasteiger partial charge in [0.1, 0.15) is 23.9 Å². The molecule has 8 heteroatoms. The van der Waals surface area contributed by atoms with Crippen LogP contribution in [0.15, 0.2) is 30.3 Å². The molecule has 2 aromatic carbocycles. The molecule has 0 heterocycles. The molecule has 1 N–H and O–H groups in total. The molecular weight excluding hydrogens is 378 g/mol. The van der Waals surface area contributed by atoms with Crippen molar-refractivity contribution in [2.24, 2.45) is 0 Å². The highest BCUT2D eigenvalue weighted by Gasteiger charge is 2.17. The van der Waals surface area contributed by atoms with Gasteiger partial charge in [-0.25, -0.2) is 0 Å². The zero-order valence-corrected chi connectivity index (χ0v) is 17.2. The van der Waals surface area contributed by atoms with Crippen molar-refractivity contribution in [1.82, 2.24) is 5.32 Å². The number of hydrogen-bond acceptors (Lipinski definition) is 7. The Morgan fingerprint density at radius 2 is 1.45 bits per heavy atom. The van der Waals surface area contributed by atoms with Crippen molar-refractivity contribution in [3.05, 3.63) is 41.5 Å². The van der Waals surface area contributed by atoms with Gasteiger partial charge in [-0.3, -0.25) is 9.59 Å². The maximum absolute atomic E-state index is 12.6. The first-order valence-electron chi connectivity index (χ1n) is 8.85. The van der Waals surface area contributed by atoms with Gasteiger partial charge >= 0.3 is 0 Å². The van der Waals surface area contributed by atoms with Crippen LogP contribution in [0.1, 0.15) is 27.6 Å². The second-order valence-corrected chi connectivity index (χ2v) is 5.93. The molecule has 0 spiro atoms. The van der Waals surface area contributed by atoms with Gasteiger partial charge in [-0.1, -0.05) is 0 Å². The van der Waals surface area contributed by atoms with E-state index in [0.717, 1.165) is 0 Å². The van der Waals surface area contributed by atoms with E-state index >= 15 is 0 Å². The molecule has 0 radical (unpaired) electrons. The smallest absolute Gasteiger partial charge is 0.255 e. The average molecular weight is 403 g/mol. The second-order valence-electron chi connectivity index (χ2n) is 5.93. The summed E-state index contributed by atoms with van der Waals surface area (Å²) >= 11 is 0. The van der Waals surface area contributed by atoms with Gasteiger partial charge in [0, 0.05) is 18.2 Å². The molecule has 156 valence electrons. The summed E-state index contributed by atoms with van der Waals surface area (Å²) in [5.41, 5.74) is 0.745. The van der Waals surface area contributed by atoms with E-state index in [2.05, 4.69) is 5.32 Å². The minimum Gasteiger partial charge on any atom is -0.497 e. The third-order valence-electron chi connectivity index (χ3n) is 4.16. The van der Waals surface area contributed by atoms with Crippen LogP contribution in [0.3, 0.4) is 0 Å². The van der Waals surface area contributed by atoms with E-state index in [0.29, 0.717) is 39.9 Å². The number of carbonyl (C=O) groups is 2. The summed E-state index contributed by atoms with van der Waals surface area (Å²) in [6.07, 6.45) is 0. The first kappa shape index (κ1) is 21.9. The molecule has 0 aliphatic rings. The van der Waals surface area contributed by atoms with Crippen LogP contribution in [0.5, 0.6) is 28.7 Å². The fourth-order valence-corrected chi connectivity index (χ4v) is 2.67. The molecule has 0 saturated carbocycles. The number of hydrogen-bond donors (Lipinski definition) is 1. The van der Waals surface area contributed by atoms with Crippen LogP contribution >= 0.6 is 0 Å². The van der Waals surface area contributed by atoms with E-state index in [9.17, 15) is 9.59 Å². The lowest BCUT2D eigenvalue weighted by Gasteiger charge is -2.15.